The molecular weight excluding hydrogens is 236 g/mol. The Morgan fingerprint density at radius 2 is 2.00 bits per heavy atom. The number of nitrogens with zero attached hydrogens (tertiary/aromatic N) is 1. The zero-order valence-corrected chi connectivity index (χ0v) is 10.3. The molecule has 0 bridgehead atoms. The van der Waals surface area contributed by atoms with Crippen LogP contribution < -0.4 is 0 Å². The third-order valence-electron chi connectivity index (χ3n) is 1.63. The van der Waals surface area contributed by atoms with Gasteiger partial charge in [0.15, 0.2) is 0 Å². The molecule has 1 heterocycles. The zero-order valence-electron chi connectivity index (χ0n) is 9.58. The molecule has 1 rings (SSSR count). The van der Waals surface area contributed by atoms with Crippen LogP contribution in [0.3, 0.4) is 0 Å². The highest BCUT2D eigenvalue weighted by Gasteiger charge is 1.98. The fourth-order valence-electron chi connectivity index (χ4n) is 0.855. The van der Waals surface area contributed by atoms with Gasteiger partial charge >= 0.3 is 0 Å². The summed E-state index contributed by atoms with van der Waals surface area (Å²) in [7, 11) is 1.24. The maximum Gasteiger partial charge on any atom is 0.261 e. The van der Waals surface area contributed by atoms with E-state index in [1.165, 1.54) is 7.11 Å². The average Bonchev–Trinajstić information content (AvgIpc) is 2.19. The topological polar surface area (TPSA) is 22.1 Å². The highest BCUT2D eigenvalue weighted by atomic mass is 35.5. The monoisotopic (exact) mass is 251 g/mol. The molecule has 0 aliphatic rings. The molecule has 0 atom stereocenters. The van der Waals surface area contributed by atoms with Crippen LogP contribution in [0.1, 0.15) is 25.5 Å². The Hall–Kier alpha value is -0.740. The minimum Gasteiger partial charge on any atom is -0.379 e. The smallest absolute Gasteiger partial charge is 0.261 e. The minimum absolute atomic E-state index is 0.458. The van der Waals surface area contributed by atoms with Gasteiger partial charge in [-0.1, -0.05) is 25.4 Å². The lowest BCUT2D eigenvalue weighted by molar-refractivity contribution is 0.0425. The summed E-state index contributed by atoms with van der Waals surface area (Å²) in [5, 5.41) is 0.699. The Balaban J connectivity index is 0.000000325. The van der Waals surface area contributed by atoms with E-state index in [2.05, 4.69) is 23.6 Å². The van der Waals surface area contributed by atoms with E-state index in [4.69, 9.17) is 11.6 Å². The number of pyridine rings is 1. The van der Waals surface area contributed by atoms with E-state index < -0.39 is 13.0 Å². The van der Waals surface area contributed by atoms with Gasteiger partial charge in [-0.3, -0.25) is 4.98 Å². The number of hydrogen-bond acceptors (Lipinski definition) is 2. The van der Waals surface area contributed by atoms with Crippen molar-refractivity contribution in [1.29, 1.82) is 0 Å². The molecule has 0 spiro atoms. The molecule has 0 N–H and O–H groups in total. The summed E-state index contributed by atoms with van der Waals surface area (Å²) in [5.74, 6) is 0.484. The second kappa shape index (κ2) is 8.42. The first-order valence-electron chi connectivity index (χ1n) is 4.86. The number of aromatic nitrogens is 1. The predicted octanol–water partition coefficient (Wildman–Crippen LogP) is 3.76. The summed E-state index contributed by atoms with van der Waals surface area (Å²) in [6, 6.07) is 3.82. The van der Waals surface area contributed by atoms with Gasteiger partial charge in [-0.2, -0.15) is 0 Å². The third kappa shape index (κ3) is 7.54. The summed E-state index contributed by atoms with van der Waals surface area (Å²) in [6.07, 6.45) is -0.647. The van der Waals surface area contributed by atoms with Crippen LogP contribution in [0, 0.1) is 0 Å². The van der Waals surface area contributed by atoms with Crippen molar-refractivity contribution in [3.05, 3.63) is 29.0 Å². The van der Waals surface area contributed by atoms with Crippen molar-refractivity contribution in [2.45, 2.75) is 26.2 Å². The van der Waals surface area contributed by atoms with Crippen molar-refractivity contribution in [2.75, 3.05) is 13.7 Å². The predicted molar refractivity (Wildman–Crippen MR) is 61.2 cm³/mol. The van der Waals surface area contributed by atoms with Crippen LogP contribution in [0.15, 0.2) is 18.3 Å². The number of hydrogen-bond donors (Lipinski definition) is 0. The second-order valence-corrected chi connectivity index (χ2v) is 3.84. The van der Waals surface area contributed by atoms with Crippen molar-refractivity contribution >= 4 is 11.6 Å². The minimum atomic E-state index is -2.32. The van der Waals surface area contributed by atoms with Crippen molar-refractivity contribution in [1.82, 2.24) is 4.98 Å². The molecule has 0 saturated heterocycles. The first-order valence-corrected chi connectivity index (χ1v) is 5.23. The molecular formula is C11H16ClF2NO. The Morgan fingerprint density at radius 1 is 1.38 bits per heavy atom. The van der Waals surface area contributed by atoms with Crippen molar-refractivity contribution in [3.63, 3.8) is 0 Å². The maximum atomic E-state index is 10.9. The number of alkyl halides is 2. The van der Waals surface area contributed by atoms with Crippen LogP contribution in [-0.2, 0) is 4.74 Å². The molecule has 2 nitrogen and oxygen atoms in total. The Morgan fingerprint density at radius 3 is 2.25 bits per heavy atom. The number of methoxy groups -OCH3 is 1. The van der Waals surface area contributed by atoms with E-state index in [1.807, 2.05) is 12.1 Å². The van der Waals surface area contributed by atoms with Crippen LogP contribution in [0.25, 0.3) is 0 Å². The Labute approximate surface area is 99.6 Å². The molecule has 0 aliphatic carbocycles. The van der Waals surface area contributed by atoms with Crippen LogP contribution in [0.4, 0.5) is 8.78 Å². The van der Waals surface area contributed by atoms with Crippen LogP contribution >= 0.6 is 11.6 Å². The van der Waals surface area contributed by atoms with Gasteiger partial charge in [0.25, 0.3) is 6.43 Å². The molecule has 0 amide bonds. The van der Waals surface area contributed by atoms with Crippen LogP contribution in [0.5, 0.6) is 0 Å². The molecule has 0 aliphatic heterocycles. The van der Waals surface area contributed by atoms with Crippen LogP contribution in [0.2, 0.25) is 5.02 Å². The lowest BCUT2D eigenvalue weighted by Crippen LogP contribution is -1.99. The van der Waals surface area contributed by atoms with Gasteiger partial charge in [-0.05, 0) is 18.1 Å². The van der Waals surface area contributed by atoms with Gasteiger partial charge in [0.1, 0.15) is 6.61 Å². The lowest BCUT2D eigenvalue weighted by atomic mass is 10.1. The molecule has 0 radical (unpaired) electrons. The van der Waals surface area contributed by atoms with E-state index in [0.29, 0.717) is 10.9 Å². The molecule has 0 fully saturated rings. The van der Waals surface area contributed by atoms with E-state index in [-0.39, 0.29) is 0 Å². The molecule has 92 valence electrons. The van der Waals surface area contributed by atoms with Gasteiger partial charge in [0.2, 0.25) is 0 Å². The third-order valence-corrected chi connectivity index (χ3v) is 1.86. The standard InChI is InChI=1S/C8H10ClN.C3H6F2O/c1-6(2)8-4-3-7(9)5-10-8;1-6-2-3(4)5/h3-6H,1-2H3;3H,2H2,1H3. The normalized spacial score (nSPS) is 10.2. The fraction of sp³-hybridized carbons (Fsp3) is 0.545. The van der Waals surface area contributed by atoms with E-state index in [0.717, 1.165) is 5.69 Å². The first kappa shape index (κ1) is 15.3. The summed E-state index contributed by atoms with van der Waals surface area (Å²) >= 11 is 5.65. The molecule has 1 aromatic rings. The van der Waals surface area contributed by atoms with Gasteiger partial charge in [-0.25, -0.2) is 8.78 Å². The molecule has 16 heavy (non-hydrogen) atoms. The quantitative estimate of drug-likeness (QED) is 0.816. The second-order valence-electron chi connectivity index (χ2n) is 3.40. The van der Waals surface area contributed by atoms with Crippen molar-refractivity contribution in [3.8, 4) is 0 Å². The number of halogens is 3. The van der Waals surface area contributed by atoms with Gasteiger partial charge < -0.3 is 4.74 Å². The Kier molecular flexibility index (Phi) is 8.03. The summed E-state index contributed by atoms with van der Waals surface area (Å²) < 4.78 is 25.9. The molecule has 0 aromatic carbocycles. The summed E-state index contributed by atoms with van der Waals surface area (Å²) in [4.78, 5) is 4.15. The van der Waals surface area contributed by atoms with E-state index >= 15 is 0 Å². The van der Waals surface area contributed by atoms with Crippen molar-refractivity contribution < 1.29 is 13.5 Å². The highest BCUT2D eigenvalue weighted by Crippen LogP contribution is 2.13. The lowest BCUT2D eigenvalue weighted by Gasteiger charge is -2.01. The largest absolute Gasteiger partial charge is 0.379 e. The van der Waals surface area contributed by atoms with Gasteiger partial charge in [-0.15, -0.1) is 0 Å². The highest BCUT2D eigenvalue weighted by molar-refractivity contribution is 6.30. The molecule has 0 saturated carbocycles. The molecule has 5 heteroatoms. The maximum absolute atomic E-state index is 10.9. The molecule has 1 aromatic heterocycles. The van der Waals surface area contributed by atoms with Crippen molar-refractivity contribution in [2.24, 2.45) is 0 Å². The van der Waals surface area contributed by atoms with Crippen LogP contribution in [-0.4, -0.2) is 25.1 Å². The van der Waals surface area contributed by atoms with Gasteiger partial charge in [0.05, 0.1) is 5.02 Å². The zero-order chi connectivity index (χ0) is 12.6. The number of rotatable bonds is 3. The average molecular weight is 252 g/mol. The first-order chi connectivity index (χ1) is 7.47. The molecule has 0 unspecified atom stereocenters. The summed E-state index contributed by atoms with van der Waals surface area (Å²) in [5.41, 5.74) is 1.09. The van der Waals surface area contributed by atoms with Gasteiger partial charge in [0, 0.05) is 19.0 Å². The van der Waals surface area contributed by atoms with E-state index in [9.17, 15) is 8.78 Å². The summed E-state index contributed by atoms with van der Waals surface area (Å²) in [6.45, 7) is 3.76. The number of ether oxygens (including phenoxy) is 1. The SMILES string of the molecule is CC(C)c1ccc(Cl)cn1.COCC(F)F. The fourth-order valence-corrected chi connectivity index (χ4v) is 0.967. The van der Waals surface area contributed by atoms with E-state index in [1.54, 1.807) is 6.20 Å². The Bertz CT molecular complexity index is 278.